The van der Waals surface area contributed by atoms with Crippen molar-refractivity contribution >= 4 is 0 Å². The van der Waals surface area contributed by atoms with E-state index in [0.29, 0.717) is 26.4 Å². The normalized spacial score (nSPS) is 11.3. The molecule has 0 spiro atoms. The van der Waals surface area contributed by atoms with Crippen LogP contribution < -0.4 is 10.6 Å². The number of aliphatic hydroxyl groups is 1. The lowest BCUT2D eigenvalue weighted by Crippen LogP contribution is -2.30. The summed E-state index contributed by atoms with van der Waals surface area (Å²) < 4.78 is 10.5. The summed E-state index contributed by atoms with van der Waals surface area (Å²) in [6.07, 6.45) is 14.0. The first kappa shape index (κ1) is 24.8. The highest BCUT2D eigenvalue weighted by Crippen LogP contribution is 2.10. The van der Waals surface area contributed by atoms with Gasteiger partial charge in [-0.25, -0.2) is 0 Å². The fraction of sp³-hybridized carbons (Fsp3) is 1.00. The first-order valence-corrected chi connectivity index (χ1v) is 10.6. The third-order valence-electron chi connectivity index (χ3n) is 4.22. The van der Waals surface area contributed by atoms with Gasteiger partial charge >= 0.3 is 0 Å². The van der Waals surface area contributed by atoms with Crippen LogP contribution >= 0.6 is 0 Å². The van der Waals surface area contributed by atoms with Gasteiger partial charge in [0.1, 0.15) is 0 Å². The summed E-state index contributed by atoms with van der Waals surface area (Å²) in [4.78, 5) is 0. The quantitative estimate of drug-likeness (QED) is 0.259. The lowest BCUT2D eigenvalue weighted by Gasteiger charge is -2.08. The molecule has 152 valence electrons. The second-order valence-corrected chi connectivity index (χ2v) is 6.63. The van der Waals surface area contributed by atoms with Crippen LogP contribution in [0.1, 0.15) is 71.1 Å². The molecular formula is C20H44N2O3. The highest BCUT2D eigenvalue weighted by Gasteiger charge is 1.94. The van der Waals surface area contributed by atoms with Gasteiger partial charge in [-0.3, -0.25) is 0 Å². The van der Waals surface area contributed by atoms with E-state index in [1.54, 1.807) is 0 Å². The molecule has 0 aromatic heterocycles. The standard InChI is InChI=1S/C20H44N2O3/c1-2-3-4-5-6-7-8-9-10-11-12-21-13-14-22-15-17-24-19-20-25-18-16-23/h21-23H,2-20H2,1H3. The first-order valence-electron chi connectivity index (χ1n) is 10.6. The van der Waals surface area contributed by atoms with Gasteiger partial charge in [0.15, 0.2) is 0 Å². The van der Waals surface area contributed by atoms with Crippen LogP contribution in [0.25, 0.3) is 0 Å². The Bertz CT molecular complexity index is 209. The summed E-state index contributed by atoms with van der Waals surface area (Å²) in [6, 6.07) is 0. The van der Waals surface area contributed by atoms with Gasteiger partial charge in [-0.05, 0) is 13.0 Å². The molecule has 0 fully saturated rings. The fourth-order valence-corrected chi connectivity index (χ4v) is 2.70. The maximum Gasteiger partial charge on any atom is 0.0701 e. The molecule has 25 heavy (non-hydrogen) atoms. The number of aliphatic hydroxyl groups excluding tert-OH is 1. The zero-order valence-corrected chi connectivity index (χ0v) is 16.7. The molecule has 5 heteroatoms. The third-order valence-corrected chi connectivity index (χ3v) is 4.22. The van der Waals surface area contributed by atoms with Crippen LogP contribution in [0.4, 0.5) is 0 Å². The van der Waals surface area contributed by atoms with Crippen molar-refractivity contribution < 1.29 is 14.6 Å². The Hall–Kier alpha value is -0.200. The Morgan fingerprint density at radius 3 is 1.68 bits per heavy atom. The van der Waals surface area contributed by atoms with Crippen LogP contribution in [0.5, 0.6) is 0 Å². The number of unbranched alkanes of at least 4 members (excludes halogenated alkanes) is 9. The Morgan fingerprint density at radius 1 is 0.560 bits per heavy atom. The molecule has 0 saturated carbocycles. The second-order valence-electron chi connectivity index (χ2n) is 6.63. The zero-order valence-electron chi connectivity index (χ0n) is 16.7. The lowest BCUT2D eigenvalue weighted by molar-refractivity contribution is 0.0341. The van der Waals surface area contributed by atoms with Gasteiger partial charge in [-0.1, -0.05) is 64.7 Å². The van der Waals surface area contributed by atoms with E-state index in [1.807, 2.05) is 0 Å². The molecule has 0 bridgehead atoms. The topological polar surface area (TPSA) is 62.8 Å². The van der Waals surface area contributed by atoms with Gasteiger partial charge in [0, 0.05) is 19.6 Å². The maximum absolute atomic E-state index is 8.54. The lowest BCUT2D eigenvalue weighted by atomic mass is 10.1. The molecule has 0 atom stereocenters. The molecule has 0 aliphatic rings. The predicted octanol–water partition coefficient (Wildman–Crippen LogP) is 3.11. The molecule has 0 unspecified atom stereocenters. The van der Waals surface area contributed by atoms with E-state index < -0.39 is 0 Å². The molecule has 0 heterocycles. The Kier molecular flexibility index (Phi) is 23.6. The minimum atomic E-state index is 0.0771. The summed E-state index contributed by atoms with van der Waals surface area (Å²) >= 11 is 0. The van der Waals surface area contributed by atoms with Crippen molar-refractivity contribution in [1.82, 2.24) is 10.6 Å². The molecule has 5 nitrogen and oxygen atoms in total. The van der Waals surface area contributed by atoms with Crippen molar-refractivity contribution in [2.24, 2.45) is 0 Å². The van der Waals surface area contributed by atoms with E-state index in [9.17, 15) is 0 Å². The van der Waals surface area contributed by atoms with Crippen LogP contribution in [0, 0.1) is 0 Å². The smallest absolute Gasteiger partial charge is 0.0701 e. The van der Waals surface area contributed by atoms with Gasteiger partial charge in [-0.15, -0.1) is 0 Å². The summed E-state index contributed by atoms with van der Waals surface area (Å²) in [5, 5.41) is 15.4. The van der Waals surface area contributed by atoms with E-state index in [0.717, 1.165) is 26.2 Å². The number of ether oxygens (including phenoxy) is 2. The maximum atomic E-state index is 8.54. The van der Waals surface area contributed by atoms with Crippen LogP contribution in [0.15, 0.2) is 0 Å². The van der Waals surface area contributed by atoms with Crippen molar-refractivity contribution in [2.45, 2.75) is 71.1 Å². The third kappa shape index (κ3) is 23.8. The van der Waals surface area contributed by atoms with Crippen molar-refractivity contribution in [1.29, 1.82) is 0 Å². The summed E-state index contributed by atoms with van der Waals surface area (Å²) in [6.45, 7) is 8.63. The molecule has 0 rings (SSSR count). The summed E-state index contributed by atoms with van der Waals surface area (Å²) in [5.41, 5.74) is 0. The largest absolute Gasteiger partial charge is 0.394 e. The molecule has 3 N–H and O–H groups in total. The van der Waals surface area contributed by atoms with Gasteiger partial charge in [0.2, 0.25) is 0 Å². The second kappa shape index (κ2) is 23.8. The minimum Gasteiger partial charge on any atom is -0.394 e. The number of rotatable bonds is 22. The van der Waals surface area contributed by atoms with Crippen LogP contribution in [0.2, 0.25) is 0 Å². The molecule has 0 saturated heterocycles. The van der Waals surface area contributed by atoms with Crippen LogP contribution in [0.3, 0.4) is 0 Å². The summed E-state index contributed by atoms with van der Waals surface area (Å²) in [5.74, 6) is 0. The van der Waals surface area contributed by atoms with E-state index >= 15 is 0 Å². The van der Waals surface area contributed by atoms with Crippen molar-refractivity contribution in [3.05, 3.63) is 0 Å². The average Bonchev–Trinajstić information content (AvgIpc) is 2.63. The van der Waals surface area contributed by atoms with Crippen molar-refractivity contribution in [3.63, 3.8) is 0 Å². The molecule has 0 amide bonds. The van der Waals surface area contributed by atoms with Crippen molar-refractivity contribution in [3.8, 4) is 0 Å². The van der Waals surface area contributed by atoms with Crippen LogP contribution in [-0.2, 0) is 9.47 Å². The minimum absolute atomic E-state index is 0.0771. The van der Waals surface area contributed by atoms with Gasteiger partial charge in [-0.2, -0.15) is 0 Å². The van der Waals surface area contributed by atoms with Gasteiger partial charge in [0.05, 0.1) is 33.0 Å². The monoisotopic (exact) mass is 360 g/mol. The van der Waals surface area contributed by atoms with Gasteiger partial charge < -0.3 is 25.2 Å². The summed E-state index contributed by atoms with van der Waals surface area (Å²) in [7, 11) is 0. The Labute approximate surface area is 156 Å². The van der Waals surface area contributed by atoms with Crippen molar-refractivity contribution in [2.75, 3.05) is 59.2 Å². The predicted molar refractivity (Wildman–Crippen MR) is 106 cm³/mol. The molecule has 0 radical (unpaired) electrons. The highest BCUT2D eigenvalue weighted by atomic mass is 16.5. The molecule has 0 aromatic carbocycles. The number of hydrogen-bond donors (Lipinski definition) is 3. The van der Waals surface area contributed by atoms with Crippen LogP contribution in [-0.4, -0.2) is 64.3 Å². The Balaban J connectivity index is 2.94. The molecular weight excluding hydrogens is 316 g/mol. The van der Waals surface area contributed by atoms with E-state index in [1.165, 1.54) is 64.2 Å². The molecule has 0 aromatic rings. The van der Waals surface area contributed by atoms with E-state index in [-0.39, 0.29) is 6.61 Å². The van der Waals surface area contributed by atoms with E-state index in [4.69, 9.17) is 14.6 Å². The van der Waals surface area contributed by atoms with Gasteiger partial charge in [0.25, 0.3) is 0 Å². The number of hydrogen-bond acceptors (Lipinski definition) is 5. The SMILES string of the molecule is CCCCCCCCCCCCNCCNCCOCCOCCO. The number of nitrogens with one attached hydrogen (secondary N) is 2. The zero-order chi connectivity index (χ0) is 18.3. The average molecular weight is 361 g/mol. The van der Waals surface area contributed by atoms with E-state index in [2.05, 4.69) is 17.6 Å². The fourth-order valence-electron chi connectivity index (χ4n) is 2.70. The highest BCUT2D eigenvalue weighted by molar-refractivity contribution is 4.53. The Morgan fingerprint density at radius 2 is 1.08 bits per heavy atom. The first-order chi connectivity index (χ1) is 12.4. The molecule has 0 aliphatic heterocycles. The molecule has 0 aliphatic carbocycles.